The maximum Gasteiger partial charge on any atom is -0.00231 e. The fourth-order valence-corrected chi connectivity index (χ4v) is 18.0. The van der Waals surface area contributed by atoms with Crippen molar-refractivity contribution in [1.82, 2.24) is 0 Å². The molecule has 0 aromatic heterocycles. The smallest absolute Gasteiger partial charge is 0.00231 e. The average Bonchev–Trinajstić information content (AvgIpc) is 2.90. The molecule has 4 rings (SSSR count). The predicted octanol–water partition coefficient (Wildman–Crippen LogP) is 11.0. The predicted molar refractivity (Wildman–Crippen MR) is 186 cm³/mol. The number of benzene rings is 2. The molecule has 2 fully saturated rings. The minimum Gasteiger partial charge on any atom is -0.0694 e. The van der Waals surface area contributed by atoms with Crippen LogP contribution in [0.4, 0.5) is 0 Å². The molecule has 2 aromatic rings. The molecule has 0 spiro atoms. The highest BCUT2D eigenvalue weighted by Gasteiger charge is 2.36. The van der Waals surface area contributed by atoms with Crippen molar-refractivity contribution in [2.45, 2.75) is 154 Å². The SMILES string of the molecule is CC(C)P(c1cccc(P(C(C)C)C(C)C)c1-c1ccccc1P(C1CCCCC1)C1CCCCC1)C(C)C. The van der Waals surface area contributed by atoms with Crippen LogP contribution in [0.5, 0.6) is 0 Å². The Morgan fingerprint density at radius 2 is 0.872 bits per heavy atom. The van der Waals surface area contributed by atoms with E-state index in [0.717, 1.165) is 11.3 Å². The summed E-state index contributed by atoms with van der Waals surface area (Å²) in [6.45, 7) is 19.9. The molecule has 39 heavy (non-hydrogen) atoms. The minimum absolute atomic E-state index is 0.147. The first kappa shape index (κ1) is 31.7. The van der Waals surface area contributed by atoms with Crippen LogP contribution >= 0.6 is 23.8 Å². The normalized spacial score (nSPS) is 18.1. The van der Waals surface area contributed by atoms with Crippen molar-refractivity contribution in [3.63, 3.8) is 0 Å². The minimum atomic E-state index is -0.241. The lowest BCUT2D eigenvalue weighted by molar-refractivity contribution is 0.487. The molecule has 0 bridgehead atoms. The zero-order valence-electron chi connectivity index (χ0n) is 26.4. The first-order valence-corrected chi connectivity index (χ1v) is 20.7. The average molecular weight is 583 g/mol. The Morgan fingerprint density at radius 3 is 1.28 bits per heavy atom. The Hall–Kier alpha value is -0.270. The summed E-state index contributed by atoms with van der Waals surface area (Å²) in [5.74, 6) is 0. The molecule has 3 heteroatoms. The van der Waals surface area contributed by atoms with E-state index in [1.165, 1.54) is 64.2 Å². The van der Waals surface area contributed by atoms with Gasteiger partial charge in [-0.2, -0.15) is 0 Å². The van der Waals surface area contributed by atoms with E-state index in [2.05, 4.69) is 97.9 Å². The molecule has 0 N–H and O–H groups in total. The third-order valence-corrected chi connectivity index (χ3v) is 19.1. The quantitative estimate of drug-likeness (QED) is 0.245. The van der Waals surface area contributed by atoms with Gasteiger partial charge >= 0.3 is 0 Å². The van der Waals surface area contributed by atoms with Gasteiger partial charge in [0, 0.05) is 0 Å². The summed E-state index contributed by atoms with van der Waals surface area (Å²) in [5, 5.41) is 5.19. The highest BCUT2D eigenvalue weighted by Crippen LogP contribution is 2.57. The van der Waals surface area contributed by atoms with Crippen molar-refractivity contribution in [3.8, 4) is 11.1 Å². The molecular formula is C36H57P3. The van der Waals surface area contributed by atoms with Crippen molar-refractivity contribution in [2.75, 3.05) is 0 Å². The second-order valence-corrected chi connectivity index (χ2v) is 22.8. The Morgan fingerprint density at radius 1 is 0.487 bits per heavy atom. The standard InChI is InChI=1S/C36H57P3/c1-26(2)37(27(3)4)34-24-17-25-35(38(28(5)6)29(7)8)36(34)32-22-15-16-23-33(32)39(30-18-11-9-12-19-30)31-20-13-10-14-21-31/h15-17,22-31H,9-14,18-21H2,1-8H3. The second-order valence-electron chi connectivity index (χ2n) is 13.4. The highest BCUT2D eigenvalue weighted by atomic mass is 31.1. The Labute approximate surface area is 246 Å². The van der Waals surface area contributed by atoms with Gasteiger partial charge in [0.15, 0.2) is 0 Å². The summed E-state index contributed by atoms with van der Waals surface area (Å²) < 4.78 is 0. The van der Waals surface area contributed by atoms with Crippen molar-refractivity contribution >= 4 is 39.7 Å². The van der Waals surface area contributed by atoms with Crippen molar-refractivity contribution in [1.29, 1.82) is 0 Å². The maximum atomic E-state index is 2.62. The summed E-state index contributed by atoms with van der Waals surface area (Å²) in [5.41, 5.74) is 7.99. The van der Waals surface area contributed by atoms with Crippen LogP contribution < -0.4 is 15.9 Å². The molecule has 2 aromatic carbocycles. The largest absolute Gasteiger partial charge is 0.0694 e. The van der Waals surface area contributed by atoms with Gasteiger partial charge in [0.25, 0.3) is 0 Å². The maximum absolute atomic E-state index is 2.62. The van der Waals surface area contributed by atoms with Gasteiger partial charge in [0.05, 0.1) is 0 Å². The van der Waals surface area contributed by atoms with Gasteiger partial charge in [0.2, 0.25) is 0 Å². The molecule has 0 unspecified atom stereocenters. The lowest BCUT2D eigenvalue weighted by atomic mass is 9.99. The fraction of sp³-hybridized carbons (Fsp3) is 0.667. The Kier molecular flexibility index (Phi) is 12.0. The molecule has 0 nitrogen and oxygen atoms in total. The molecular weight excluding hydrogens is 525 g/mol. The highest BCUT2D eigenvalue weighted by molar-refractivity contribution is 7.69. The van der Waals surface area contributed by atoms with Crippen LogP contribution in [0.15, 0.2) is 42.5 Å². The van der Waals surface area contributed by atoms with Gasteiger partial charge in [-0.3, -0.25) is 0 Å². The summed E-state index contributed by atoms with van der Waals surface area (Å²) >= 11 is 0. The zero-order valence-corrected chi connectivity index (χ0v) is 29.1. The number of rotatable bonds is 10. The fourth-order valence-electron chi connectivity index (χ4n) is 7.86. The van der Waals surface area contributed by atoms with Gasteiger partial charge in [-0.05, 0) is 86.7 Å². The molecule has 0 atom stereocenters. The van der Waals surface area contributed by atoms with E-state index in [1.54, 1.807) is 27.0 Å². The third-order valence-electron chi connectivity index (χ3n) is 9.19. The van der Waals surface area contributed by atoms with Crippen LogP contribution in [-0.2, 0) is 0 Å². The van der Waals surface area contributed by atoms with E-state index in [-0.39, 0.29) is 23.8 Å². The van der Waals surface area contributed by atoms with E-state index >= 15 is 0 Å². The first-order chi connectivity index (χ1) is 18.7. The summed E-state index contributed by atoms with van der Waals surface area (Å²) in [4.78, 5) is 0. The van der Waals surface area contributed by atoms with E-state index in [9.17, 15) is 0 Å². The molecule has 2 saturated carbocycles. The lowest BCUT2D eigenvalue weighted by Gasteiger charge is -2.40. The van der Waals surface area contributed by atoms with Crippen LogP contribution in [-0.4, -0.2) is 34.0 Å². The molecule has 2 aliphatic carbocycles. The van der Waals surface area contributed by atoms with Crippen LogP contribution in [0.2, 0.25) is 0 Å². The molecule has 216 valence electrons. The molecule has 0 amide bonds. The van der Waals surface area contributed by atoms with Gasteiger partial charge in [-0.25, -0.2) is 0 Å². The van der Waals surface area contributed by atoms with Gasteiger partial charge < -0.3 is 0 Å². The molecule has 0 aliphatic heterocycles. The van der Waals surface area contributed by atoms with E-state index in [1.807, 2.05) is 0 Å². The zero-order chi connectivity index (χ0) is 28.1. The number of hydrogen-bond donors (Lipinski definition) is 0. The first-order valence-electron chi connectivity index (χ1n) is 16.3. The summed E-state index contributed by atoms with van der Waals surface area (Å²) in [7, 11) is -0.628. The van der Waals surface area contributed by atoms with E-state index in [4.69, 9.17) is 0 Å². The van der Waals surface area contributed by atoms with Crippen LogP contribution in [0.1, 0.15) is 120 Å². The van der Waals surface area contributed by atoms with Gasteiger partial charge in [-0.15, -0.1) is 0 Å². The molecule has 2 aliphatic rings. The Bertz CT molecular complexity index is 955. The molecule has 0 heterocycles. The van der Waals surface area contributed by atoms with Crippen molar-refractivity contribution < 1.29 is 0 Å². The molecule has 0 radical (unpaired) electrons. The van der Waals surface area contributed by atoms with E-state index < -0.39 is 0 Å². The summed E-state index contributed by atoms with van der Waals surface area (Å²) in [6, 6.07) is 17.5. The van der Waals surface area contributed by atoms with Gasteiger partial charge in [0.1, 0.15) is 0 Å². The number of hydrogen-bond acceptors (Lipinski definition) is 0. The second kappa shape index (κ2) is 14.8. The third kappa shape index (κ3) is 7.39. The van der Waals surface area contributed by atoms with Crippen molar-refractivity contribution in [3.05, 3.63) is 42.5 Å². The van der Waals surface area contributed by atoms with Crippen LogP contribution in [0.3, 0.4) is 0 Å². The van der Waals surface area contributed by atoms with E-state index in [0.29, 0.717) is 22.6 Å². The summed E-state index contributed by atoms with van der Waals surface area (Å²) in [6.07, 6.45) is 14.6. The van der Waals surface area contributed by atoms with Gasteiger partial charge in [-0.1, -0.05) is 160 Å². The lowest BCUT2D eigenvalue weighted by Crippen LogP contribution is -2.30. The van der Waals surface area contributed by atoms with Crippen molar-refractivity contribution in [2.24, 2.45) is 0 Å². The topological polar surface area (TPSA) is 0 Å². The molecule has 0 saturated heterocycles. The van der Waals surface area contributed by atoms with Crippen LogP contribution in [0, 0.1) is 0 Å². The van der Waals surface area contributed by atoms with Crippen LogP contribution in [0.25, 0.3) is 11.1 Å². The monoisotopic (exact) mass is 582 g/mol. The Balaban J connectivity index is 1.99.